The maximum absolute atomic E-state index is 12.3. The first-order chi connectivity index (χ1) is 10.3. The predicted molar refractivity (Wildman–Crippen MR) is 87.5 cm³/mol. The third-order valence-electron chi connectivity index (χ3n) is 2.47. The van der Waals surface area contributed by atoms with Gasteiger partial charge in [-0.2, -0.15) is 13.4 Å². The molecule has 1 aromatic carbocycles. The summed E-state index contributed by atoms with van der Waals surface area (Å²) in [5.41, 5.74) is 0.448. The fourth-order valence-corrected chi connectivity index (χ4v) is 4.46. The van der Waals surface area contributed by atoms with Crippen LogP contribution in [0.15, 0.2) is 28.6 Å². The van der Waals surface area contributed by atoms with Crippen molar-refractivity contribution in [2.75, 3.05) is 4.72 Å². The molecule has 1 N–H and O–H groups in total. The Morgan fingerprint density at radius 3 is 2.59 bits per heavy atom. The molecule has 114 valence electrons. The Balaban J connectivity index is 2.04. The number of rotatable bonds is 3. The van der Waals surface area contributed by atoms with Crippen LogP contribution in [0.1, 0.15) is 0 Å². The van der Waals surface area contributed by atoms with Gasteiger partial charge in [0.05, 0.1) is 5.69 Å². The van der Waals surface area contributed by atoms with E-state index in [1.807, 2.05) is 0 Å². The SMILES string of the molecule is O=S(=O)(Nc1cccc(Cl)c1)c1nc2nc(Cl)nc(Cl)c2s1. The Bertz CT molecular complexity index is 975. The highest BCUT2D eigenvalue weighted by Crippen LogP contribution is 2.31. The number of anilines is 1. The van der Waals surface area contributed by atoms with Crippen molar-refractivity contribution < 1.29 is 8.42 Å². The predicted octanol–water partition coefficient (Wildman–Crippen LogP) is 3.85. The van der Waals surface area contributed by atoms with Crippen LogP contribution in [0, 0.1) is 0 Å². The average molecular weight is 396 g/mol. The van der Waals surface area contributed by atoms with Gasteiger partial charge in [-0.1, -0.05) is 40.6 Å². The monoisotopic (exact) mass is 394 g/mol. The molecular weight excluding hydrogens is 391 g/mol. The Kier molecular flexibility index (Phi) is 4.13. The Hall–Kier alpha value is -1.19. The summed E-state index contributed by atoms with van der Waals surface area (Å²) in [4.78, 5) is 11.5. The number of hydrogen-bond acceptors (Lipinski definition) is 6. The molecule has 0 amide bonds. The number of thiazole rings is 1. The van der Waals surface area contributed by atoms with E-state index in [-0.39, 0.29) is 20.4 Å². The smallest absolute Gasteiger partial charge is 0.278 e. The average Bonchev–Trinajstić information content (AvgIpc) is 2.83. The van der Waals surface area contributed by atoms with Crippen LogP contribution in [0.5, 0.6) is 0 Å². The van der Waals surface area contributed by atoms with Crippen LogP contribution in [0.2, 0.25) is 15.5 Å². The molecule has 6 nitrogen and oxygen atoms in total. The zero-order chi connectivity index (χ0) is 15.9. The lowest BCUT2D eigenvalue weighted by Crippen LogP contribution is -2.12. The lowest BCUT2D eigenvalue weighted by molar-refractivity contribution is 0.600. The van der Waals surface area contributed by atoms with E-state index < -0.39 is 10.0 Å². The van der Waals surface area contributed by atoms with Crippen molar-refractivity contribution in [3.63, 3.8) is 0 Å². The molecule has 3 aromatic rings. The molecule has 0 aliphatic heterocycles. The Morgan fingerprint density at radius 1 is 1.09 bits per heavy atom. The molecule has 0 fully saturated rings. The van der Waals surface area contributed by atoms with Crippen LogP contribution >= 0.6 is 46.1 Å². The summed E-state index contributed by atoms with van der Waals surface area (Å²) in [7, 11) is -3.89. The molecule has 3 rings (SSSR count). The number of hydrogen-bond donors (Lipinski definition) is 1. The molecule has 0 radical (unpaired) electrons. The lowest BCUT2D eigenvalue weighted by atomic mass is 10.3. The van der Waals surface area contributed by atoms with E-state index in [0.29, 0.717) is 15.4 Å². The number of halogens is 3. The summed E-state index contributed by atoms with van der Waals surface area (Å²) in [6.45, 7) is 0. The number of nitrogens with zero attached hydrogens (tertiary/aromatic N) is 3. The van der Waals surface area contributed by atoms with Gasteiger partial charge < -0.3 is 0 Å². The minimum absolute atomic E-state index is 0.0525. The van der Waals surface area contributed by atoms with E-state index in [9.17, 15) is 8.42 Å². The molecule has 0 atom stereocenters. The second kappa shape index (κ2) is 5.78. The quantitative estimate of drug-likeness (QED) is 0.538. The van der Waals surface area contributed by atoms with Gasteiger partial charge in [-0.3, -0.25) is 4.72 Å². The third kappa shape index (κ3) is 3.11. The number of aromatic nitrogens is 3. The van der Waals surface area contributed by atoms with E-state index in [1.54, 1.807) is 18.2 Å². The summed E-state index contributed by atoms with van der Waals surface area (Å²) in [5.74, 6) is 0. The fourth-order valence-electron chi connectivity index (χ4n) is 1.61. The number of sulfonamides is 1. The molecule has 0 bridgehead atoms. The molecule has 0 saturated carbocycles. The van der Waals surface area contributed by atoms with E-state index in [0.717, 1.165) is 11.3 Å². The summed E-state index contributed by atoms with van der Waals surface area (Å²) in [5, 5.41) is 0.358. The molecule has 11 heteroatoms. The standard InChI is InChI=1S/C11H5Cl3N4O2S2/c12-5-2-1-3-6(4-5)18-22(19,20)11-17-9-7(21-11)8(13)15-10(14)16-9/h1-4,18H. The van der Waals surface area contributed by atoms with E-state index >= 15 is 0 Å². The molecule has 0 aliphatic carbocycles. The highest BCUT2D eigenvalue weighted by atomic mass is 35.5. The van der Waals surface area contributed by atoms with Crippen molar-refractivity contribution in [1.29, 1.82) is 0 Å². The minimum Gasteiger partial charge on any atom is -0.278 e. The van der Waals surface area contributed by atoms with Gasteiger partial charge in [-0.15, -0.1) is 0 Å². The van der Waals surface area contributed by atoms with Crippen molar-refractivity contribution in [2.24, 2.45) is 0 Å². The summed E-state index contributed by atoms with van der Waals surface area (Å²) in [6.07, 6.45) is 0. The first-order valence-corrected chi connectivity index (χ1v) is 9.06. The highest BCUT2D eigenvalue weighted by Gasteiger charge is 2.22. The van der Waals surface area contributed by atoms with Crippen molar-refractivity contribution in [3.05, 3.63) is 39.7 Å². The Morgan fingerprint density at radius 2 is 1.86 bits per heavy atom. The highest BCUT2D eigenvalue weighted by molar-refractivity contribution is 7.94. The fraction of sp³-hybridized carbons (Fsp3) is 0. The molecule has 22 heavy (non-hydrogen) atoms. The van der Waals surface area contributed by atoms with Gasteiger partial charge in [-0.05, 0) is 29.8 Å². The van der Waals surface area contributed by atoms with Gasteiger partial charge in [0.2, 0.25) is 9.62 Å². The second-order valence-corrected chi connectivity index (χ2v) is 8.02. The first kappa shape index (κ1) is 15.7. The van der Waals surface area contributed by atoms with Gasteiger partial charge in [0.25, 0.3) is 10.0 Å². The second-order valence-electron chi connectivity index (χ2n) is 4.03. The number of benzene rings is 1. The zero-order valence-corrected chi connectivity index (χ0v) is 14.3. The molecule has 0 spiro atoms. The van der Waals surface area contributed by atoms with Crippen LogP contribution in [0.4, 0.5) is 5.69 Å². The molecule has 0 aliphatic rings. The van der Waals surface area contributed by atoms with Gasteiger partial charge >= 0.3 is 0 Å². The van der Waals surface area contributed by atoms with E-state index in [4.69, 9.17) is 34.8 Å². The van der Waals surface area contributed by atoms with E-state index in [1.165, 1.54) is 6.07 Å². The summed E-state index contributed by atoms with van der Waals surface area (Å²) < 4.78 is 27.2. The summed E-state index contributed by atoms with van der Waals surface area (Å²) >= 11 is 18.3. The third-order valence-corrected chi connectivity index (χ3v) is 6.07. The molecular formula is C11H5Cl3N4O2S2. The van der Waals surface area contributed by atoms with Gasteiger partial charge in [0.1, 0.15) is 4.70 Å². The number of nitrogens with one attached hydrogen (secondary N) is 1. The minimum atomic E-state index is -3.89. The van der Waals surface area contributed by atoms with Crippen molar-refractivity contribution >= 4 is 72.2 Å². The number of fused-ring (bicyclic) bond motifs is 1. The molecule has 0 unspecified atom stereocenters. The van der Waals surface area contributed by atoms with Crippen molar-refractivity contribution in [3.8, 4) is 0 Å². The Labute approximate surface area is 144 Å². The topological polar surface area (TPSA) is 84.8 Å². The zero-order valence-electron chi connectivity index (χ0n) is 10.4. The van der Waals surface area contributed by atoms with Crippen LogP contribution in [0.3, 0.4) is 0 Å². The molecule has 2 heterocycles. The normalized spacial score (nSPS) is 11.8. The van der Waals surface area contributed by atoms with Crippen LogP contribution in [-0.4, -0.2) is 23.4 Å². The van der Waals surface area contributed by atoms with Crippen LogP contribution in [0.25, 0.3) is 10.3 Å². The van der Waals surface area contributed by atoms with Crippen molar-refractivity contribution in [1.82, 2.24) is 15.0 Å². The summed E-state index contributed by atoms with van der Waals surface area (Å²) in [6, 6.07) is 6.31. The first-order valence-electron chi connectivity index (χ1n) is 5.63. The van der Waals surface area contributed by atoms with Crippen molar-refractivity contribution in [2.45, 2.75) is 4.34 Å². The molecule has 2 aromatic heterocycles. The molecule has 0 saturated heterocycles. The van der Waals surface area contributed by atoms with Gasteiger partial charge in [0.15, 0.2) is 10.8 Å². The maximum atomic E-state index is 12.3. The van der Waals surface area contributed by atoms with Crippen LogP contribution < -0.4 is 4.72 Å². The van der Waals surface area contributed by atoms with Crippen LogP contribution in [-0.2, 0) is 10.0 Å². The van der Waals surface area contributed by atoms with E-state index in [2.05, 4.69) is 19.7 Å². The van der Waals surface area contributed by atoms with Gasteiger partial charge in [-0.25, -0.2) is 9.97 Å². The largest absolute Gasteiger partial charge is 0.289 e. The lowest BCUT2D eigenvalue weighted by Gasteiger charge is -2.05. The maximum Gasteiger partial charge on any atom is 0.289 e. The van der Waals surface area contributed by atoms with Gasteiger partial charge in [0, 0.05) is 5.02 Å².